The zero-order valence-electron chi connectivity index (χ0n) is 20.0. The predicted molar refractivity (Wildman–Crippen MR) is 133 cm³/mol. The number of nitrogens with zero attached hydrogens (tertiary/aromatic N) is 3. The Kier molecular flexibility index (Phi) is 9.22. The molecule has 0 saturated heterocycles. The molecule has 0 aliphatic carbocycles. The predicted octanol–water partition coefficient (Wildman–Crippen LogP) is 4.80. The molecule has 0 bridgehead atoms. The molecule has 3 rings (SSSR count). The van der Waals surface area contributed by atoms with Crippen molar-refractivity contribution in [3.63, 3.8) is 0 Å². The van der Waals surface area contributed by atoms with E-state index in [2.05, 4.69) is 19.2 Å². The maximum Gasteiger partial charge on any atom is 0.267 e. The average Bonchev–Trinajstić information content (AvgIpc) is 2.82. The minimum absolute atomic E-state index is 0.120. The number of amides is 1. The molecule has 178 valence electrons. The van der Waals surface area contributed by atoms with Crippen molar-refractivity contribution < 1.29 is 4.79 Å². The summed E-state index contributed by atoms with van der Waals surface area (Å²) in [5.74, 6) is -0.298. The summed E-state index contributed by atoms with van der Waals surface area (Å²) in [5.41, 5.74) is 1.15. The lowest BCUT2D eigenvalue weighted by molar-refractivity contribution is 0.0950. The van der Waals surface area contributed by atoms with Crippen LogP contribution in [-0.4, -0.2) is 26.4 Å². The third-order valence-corrected chi connectivity index (χ3v) is 6.11. The lowest BCUT2D eigenvalue weighted by Gasteiger charge is -2.15. The van der Waals surface area contributed by atoms with Crippen LogP contribution in [0, 0.1) is 5.41 Å². The number of rotatable bonds is 13. The van der Waals surface area contributed by atoms with Gasteiger partial charge in [0, 0.05) is 19.3 Å². The standard InChI is InChI=1S/C26H37N5O2/c1-3-5-7-9-10-13-18-31-23(27)20(25(32)28-16-12-8-6-4-2)19-21-24(31)29-22-15-11-14-17-30(22)26(21)33/h11,14-15,17,19,27H,3-10,12-13,16,18H2,1-2H3,(H,28,32). The van der Waals surface area contributed by atoms with Crippen molar-refractivity contribution in [2.24, 2.45) is 0 Å². The zero-order chi connectivity index (χ0) is 23.6. The van der Waals surface area contributed by atoms with E-state index in [0.717, 1.165) is 44.9 Å². The van der Waals surface area contributed by atoms with E-state index in [1.807, 2.05) is 6.07 Å². The Hall–Kier alpha value is -2.96. The van der Waals surface area contributed by atoms with Gasteiger partial charge in [-0.2, -0.15) is 0 Å². The van der Waals surface area contributed by atoms with Crippen LogP contribution in [0.1, 0.15) is 88.4 Å². The molecule has 7 nitrogen and oxygen atoms in total. The van der Waals surface area contributed by atoms with Crippen LogP contribution >= 0.6 is 0 Å². The molecule has 0 aliphatic rings. The van der Waals surface area contributed by atoms with Crippen LogP contribution in [0.25, 0.3) is 16.7 Å². The molecule has 0 aliphatic heterocycles. The van der Waals surface area contributed by atoms with Gasteiger partial charge in [-0.15, -0.1) is 0 Å². The summed E-state index contributed by atoms with van der Waals surface area (Å²) in [5, 5.41) is 12.1. The summed E-state index contributed by atoms with van der Waals surface area (Å²) in [6.45, 7) is 5.49. The summed E-state index contributed by atoms with van der Waals surface area (Å²) in [6.07, 6.45) is 12.7. The van der Waals surface area contributed by atoms with E-state index in [4.69, 9.17) is 10.4 Å². The number of fused-ring (bicyclic) bond motifs is 2. The molecule has 0 radical (unpaired) electrons. The molecular formula is C26H37N5O2. The van der Waals surface area contributed by atoms with Gasteiger partial charge in [-0.3, -0.25) is 19.4 Å². The fourth-order valence-electron chi connectivity index (χ4n) is 4.18. The highest BCUT2D eigenvalue weighted by atomic mass is 16.1. The molecule has 0 saturated carbocycles. The van der Waals surface area contributed by atoms with Crippen LogP contribution in [0.15, 0.2) is 35.3 Å². The number of hydrogen-bond acceptors (Lipinski definition) is 4. The number of pyridine rings is 2. The average molecular weight is 452 g/mol. The second kappa shape index (κ2) is 12.3. The lowest BCUT2D eigenvalue weighted by Crippen LogP contribution is -2.35. The molecule has 0 unspecified atom stereocenters. The Balaban J connectivity index is 1.95. The second-order valence-electron chi connectivity index (χ2n) is 8.73. The third-order valence-electron chi connectivity index (χ3n) is 6.11. The normalized spacial score (nSPS) is 11.3. The van der Waals surface area contributed by atoms with E-state index < -0.39 is 0 Å². The first-order valence-corrected chi connectivity index (χ1v) is 12.5. The van der Waals surface area contributed by atoms with Gasteiger partial charge in [0.2, 0.25) is 0 Å². The molecule has 33 heavy (non-hydrogen) atoms. The topological polar surface area (TPSA) is 92.2 Å². The first kappa shape index (κ1) is 24.7. The number of aromatic nitrogens is 3. The van der Waals surface area contributed by atoms with Crippen LogP contribution in [0.5, 0.6) is 0 Å². The van der Waals surface area contributed by atoms with Crippen molar-refractivity contribution in [1.82, 2.24) is 19.3 Å². The van der Waals surface area contributed by atoms with E-state index >= 15 is 0 Å². The van der Waals surface area contributed by atoms with Crippen LogP contribution in [0.2, 0.25) is 0 Å². The summed E-state index contributed by atoms with van der Waals surface area (Å²) in [7, 11) is 0. The minimum atomic E-state index is -0.298. The van der Waals surface area contributed by atoms with Crippen molar-refractivity contribution >= 4 is 22.6 Å². The van der Waals surface area contributed by atoms with Crippen LogP contribution in [0.3, 0.4) is 0 Å². The van der Waals surface area contributed by atoms with Crippen LogP contribution in [-0.2, 0) is 6.54 Å². The number of aryl methyl sites for hydroxylation is 1. The third kappa shape index (κ3) is 6.09. The van der Waals surface area contributed by atoms with Gasteiger partial charge < -0.3 is 9.88 Å². The van der Waals surface area contributed by atoms with Gasteiger partial charge in [-0.1, -0.05) is 71.3 Å². The van der Waals surface area contributed by atoms with Gasteiger partial charge in [0.15, 0.2) is 0 Å². The number of carbonyl (C=O) groups is 1. The molecule has 7 heteroatoms. The lowest BCUT2D eigenvalue weighted by atomic mass is 10.1. The maximum absolute atomic E-state index is 13.2. The fourth-order valence-corrected chi connectivity index (χ4v) is 4.18. The van der Waals surface area contributed by atoms with Crippen molar-refractivity contribution in [3.8, 4) is 0 Å². The summed E-state index contributed by atoms with van der Waals surface area (Å²) < 4.78 is 3.24. The van der Waals surface area contributed by atoms with Crippen molar-refractivity contribution in [2.45, 2.75) is 84.6 Å². The van der Waals surface area contributed by atoms with Crippen molar-refractivity contribution in [1.29, 1.82) is 5.41 Å². The number of hydrogen-bond donors (Lipinski definition) is 2. The number of carbonyl (C=O) groups excluding carboxylic acids is 1. The molecule has 3 aromatic heterocycles. The molecule has 3 heterocycles. The maximum atomic E-state index is 13.2. The quantitative estimate of drug-likeness (QED) is 0.289. The first-order chi connectivity index (χ1) is 16.1. The Morgan fingerprint density at radius 3 is 2.45 bits per heavy atom. The Labute approximate surface area is 195 Å². The molecule has 0 aromatic carbocycles. The van der Waals surface area contributed by atoms with E-state index in [0.29, 0.717) is 29.8 Å². The summed E-state index contributed by atoms with van der Waals surface area (Å²) in [4.78, 5) is 30.9. The molecule has 1 amide bonds. The van der Waals surface area contributed by atoms with Gasteiger partial charge in [0.05, 0.1) is 10.9 Å². The van der Waals surface area contributed by atoms with Gasteiger partial charge in [0.1, 0.15) is 16.8 Å². The molecule has 0 spiro atoms. The first-order valence-electron chi connectivity index (χ1n) is 12.5. The Morgan fingerprint density at radius 2 is 1.70 bits per heavy atom. The van der Waals surface area contributed by atoms with Gasteiger partial charge >= 0.3 is 0 Å². The van der Waals surface area contributed by atoms with Crippen LogP contribution < -0.4 is 16.4 Å². The van der Waals surface area contributed by atoms with E-state index in [1.54, 1.807) is 29.0 Å². The SMILES string of the molecule is CCCCCCCCn1c(=N)c(C(=O)NCCCCCC)cc2c(=O)n3ccccc3nc21. The van der Waals surface area contributed by atoms with E-state index in [9.17, 15) is 9.59 Å². The second-order valence-corrected chi connectivity index (χ2v) is 8.73. The highest BCUT2D eigenvalue weighted by molar-refractivity contribution is 5.96. The van der Waals surface area contributed by atoms with Gasteiger partial charge in [-0.25, -0.2) is 4.98 Å². The minimum Gasteiger partial charge on any atom is -0.352 e. The number of unbranched alkanes of at least 4 members (excludes halogenated alkanes) is 8. The molecule has 3 aromatic rings. The van der Waals surface area contributed by atoms with E-state index in [1.165, 1.54) is 23.7 Å². The Bertz CT molecular complexity index is 1190. The Morgan fingerprint density at radius 1 is 1.00 bits per heavy atom. The van der Waals surface area contributed by atoms with Gasteiger partial charge in [-0.05, 0) is 31.0 Å². The summed E-state index contributed by atoms with van der Waals surface area (Å²) >= 11 is 0. The largest absolute Gasteiger partial charge is 0.352 e. The van der Waals surface area contributed by atoms with E-state index in [-0.39, 0.29) is 22.5 Å². The highest BCUT2D eigenvalue weighted by Gasteiger charge is 2.17. The van der Waals surface area contributed by atoms with Gasteiger partial charge in [0.25, 0.3) is 11.5 Å². The molecule has 0 atom stereocenters. The number of nitrogens with one attached hydrogen (secondary N) is 2. The van der Waals surface area contributed by atoms with Crippen molar-refractivity contribution in [3.05, 3.63) is 51.9 Å². The summed E-state index contributed by atoms with van der Waals surface area (Å²) in [6, 6.07) is 6.96. The monoisotopic (exact) mass is 451 g/mol. The zero-order valence-corrected chi connectivity index (χ0v) is 20.0. The highest BCUT2D eigenvalue weighted by Crippen LogP contribution is 2.13. The molecular weight excluding hydrogens is 414 g/mol. The molecule has 2 N–H and O–H groups in total. The fraction of sp³-hybridized carbons (Fsp3) is 0.538. The molecule has 0 fully saturated rings. The van der Waals surface area contributed by atoms with Crippen molar-refractivity contribution in [2.75, 3.05) is 6.54 Å². The smallest absolute Gasteiger partial charge is 0.267 e. The van der Waals surface area contributed by atoms with Crippen LogP contribution in [0.4, 0.5) is 0 Å².